The summed E-state index contributed by atoms with van der Waals surface area (Å²) in [6, 6.07) is 3.58. The van der Waals surface area contributed by atoms with Gasteiger partial charge in [-0.1, -0.05) is 11.6 Å². The van der Waals surface area contributed by atoms with Crippen LogP contribution in [-0.4, -0.2) is 0 Å². The van der Waals surface area contributed by atoms with E-state index in [4.69, 9.17) is 16.9 Å². The van der Waals surface area contributed by atoms with E-state index in [1.54, 1.807) is 6.07 Å². The van der Waals surface area contributed by atoms with Crippen molar-refractivity contribution < 1.29 is 0 Å². The second-order valence-electron chi connectivity index (χ2n) is 2.32. The summed E-state index contributed by atoms with van der Waals surface area (Å²) in [4.78, 5) is 0. The van der Waals surface area contributed by atoms with Gasteiger partial charge < -0.3 is 0 Å². The van der Waals surface area contributed by atoms with Crippen LogP contribution in [0.3, 0.4) is 0 Å². The topological polar surface area (TPSA) is 35.8 Å². The van der Waals surface area contributed by atoms with Gasteiger partial charge in [0.15, 0.2) is 6.19 Å². The van der Waals surface area contributed by atoms with Gasteiger partial charge in [-0.25, -0.2) is 0 Å². The van der Waals surface area contributed by atoms with Gasteiger partial charge in [0.2, 0.25) is 0 Å². The van der Waals surface area contributed by atoms with E-state index in [0.717, 1.165) is 10.0 Å². The number of anilines is 1. The van der Waals surface area contributed by atoms with Crippen molar-refractivity contribution in [2.45, 2.75) is 6.92 Å². The molecule has 0 aliphatic heterocycles. The van der Waals surface area contributed by atoms with Crippen LogP contribution in [0.25, 0.3) is 0 Å². The van der Waals surface area contributed by atoms with Crippen molar-refractivity contribution in [3.05, 3.63) is 27.2 Å². The summed E-state index contributed by atoms with van der Waals surface area (Å²) in [5, 5.41) is 11.5. The molecule has 0 aromatic heterocycles. The summed E-state index contributed by atoms with van der Waals surface area (Å²) in [6.07, 6.45) is 1.83. The van der Waals surface area contributed by atoms with Crippen molar-refractivity contribution in [1.82, 2.24) is 0 Å². The van der Waals surface area contributed by atoms with E-state index in [1.165, 1.54) is 0 Å². The summed E-state index contributed by atoms with van der Waals surface area (Å²) in [6.45, 7) is 1.91. The molecule has 0 bridgehead atoms. The van der Waals surface area contributed by atoms with Crippen LogP contribution < -0.4 is 5.32 Å². The van der Waals surface area contributed by atoms with Crippen molar-refractivity contribution in [3.63, 3.8) is 0 Å². The number of rotatable bonds is 1. The SMILES string of the molecule is Cc1cc(Br)c(NC#N)cc1Cl. The predicted octanol–water partition coefficient (Wildman–Crippen LogP) is 3.30. The first kappa shape index (κ1) is 9.37. The molecule has 0 unspecified atom stereocenters. The smallest absolute Gasteiger partial charge is 0.181 e. The zero-order valence-electron chi connectivity index (χ0n) is 6.36. The fraction of sp³-hybridized carbons (Fsp3) is 0.125. The molecule has 0 fully saturated rings. The van der Waals surface area contributed by atoms with Crippen molar-refractivity contribution in [3.8, 4) is 6.19 Å². The van der Waals surface area contributed by atoms with Gasteiger partial charge in [0, 0.05) is 9.50 Å². The molecule has 1 aromatic rings. The molecule has 4 heteroatoms. The van der Waals surface area contributed by atoms with Gasteiger partial charge in [-0.05, 0) is 40.5 Å². The molecule has 2 nitrogen and oxygen atoms in total. The quantitative estimate of drug-likeness (QED) is 0.609. The minimum Gasteiger partial charge on any atom is -0.292 e. The molecular weight excluding hydrogens is 239 g/mol. The number of aryl methyl sites for hydroxylation is 1. The molecule has 0 radical (unpaired) electrons. The highest BCUT2D eigenvalue weighted by Gasteiger charge is 2.02. The van der Waals surface area contributed by atoms with Crippen LogP contribution in [0.4, 0.5) is 5.69 Å². The number of nitrogens with zero attached hydrogens (tertiary/aromatic N) is 1. The van der Waals surface area contributed by atoms with Gasteiger partial charge in [-0.2, -0.15) is 5.26 Å². The first-order valence-electron chi connectivity index (χ1n) is 3.26. The molecular formula is C8H6BrClN2. The summed E-state index contributed by atoms with van der Waals surface area (Å²) >= 11 is 9.16. The average Bonchev–Trinajstić information content (AvgIpc) is 2.01. The normalized spacial score (nSPS) is 9.17. The standard InChI is InChI=1S/C8H6BrClN2/c1-5-2-6(9)8(12-4-11)3-7(5)10/h2-3,12H,1H3. The summed E-state index contributed by atoms with van der Waals surface area (Å²) in [5.74, 6) is 0. The zero-order chi connectivity index (χ0) is 9.14. The Morgan fingerprint density at radius 1 is 1.58 bits per heavy atom. The predicted molar refractivity (Wildman–Crippen MR) is 53.1 cm³/mol. The lowest BCUT2D eigenvalue weighted by Crippen LogP contribution is -1.89. The highest BCUT2D eigenvalue weighted by atomic mass is 79.9. The lowest BCUT2D eigenvalue weighted by Gasteiger charge is -2.04. The van der Waals surface area contributed by atoms with Gasteiger partial charge in [-0.3, -0.25) is 5.32 Å². The third kappa shape index (κ3) is 1.90. The maximum atomic E-state index is 8.38. The molecule has 0 atom stereocenters. The lowest BCUT2D eigenvalue weighted by atomic mass is 10.2. The van der Waals surface area contributed by atoms with Crippen LogP contribution in [0.2, 0.25) is 5.02 Å². The fourth-order valence-corrected chi connectivity index (χ4v) is 1.52. The fourth-order valence-electron chi connectivity index (χ4n) is 0.802. The highest BCUT2D eigenvalue weighted by molar-refractivity contribution is 9.10. The maximum absolute atomic E-state index is 8.38. The molecule has 1 rings (SSSR count). The largest absolute Gasteiger partial charge is 0.292 e. The molecule has 1 aromatic carbocycles. The minimum atomic E-state index is 0.649. The molecule has 0 heterocycles. The van der Waals surface area contributed by atoms with E-state index in [9.17, 15) is 0 Å². The molecule has 0 saturated heterocycles. The third-order valence-electron chi connectivity index (χ3n) is 1.44. The van der Waals surface area contributed by atoms with Gasteiger partial charge in [0.25, 0.3) is 0 Å². The average molecular weight is 246 g/mol. The second-order valence-corrected chi connectivity index (χ2v) is 3.58. The molecule has 12 heavy (non-hydrogen) atoms. The molecule has 0 aliphatic carbocycles. The first-order valence-corrected chi connectivity index (χ1v) is 4.43. The van der Waals surface area contributed by atoms with Crippen LogP contribution >= 0.6 is 27.5 Å². The number of benzene rings is 1. The molecule has 62 valence electrons. The van der Waals surface area contributed by atoms with Crippen LogP contribution in [-0.2, 0) is 0 Å². The Hall–Kier alpha value is -0.720. The monoisotopic (exact) mass is 244 g/mol. The molecule has 1 N–H and O–H groups in total. The molecule has 0 amide bonds. The number of hydrogen-bond acceptors (Lipinski definition) is 2. The minimum absolute atomic E-state index is 0.649. The summed E-state index contributed by atoms with van der Waals surface area (Å²) in [7, 11) is 0. The Morgan fingerprint density at radius 3 is 2.83 bits per heavy atom. The van der Waals surface area contributed by atoms with Crippen molar-refractivity contribution in [2.75, 3.05) is 5.32 Å². The van der Waals surface area contributed by atoms with E-state index in [0.29, 0.717) is 10.7 Å². The third-order valence-corrected chi connectivity index (χ3v) is 2.50. The number of halogens is 2. The first-order chi connectivity index (χ1) is 5.65. The van der Waals surface area contributed by atoms with E-state index in [1.807, 2.05) is 19.2 Å². The molecule has 0 saturated carbocycles. The Labute approximate surface area is 84.3 Å². The van der Waals surface area contributed by atoms with E-state index in [-0.39, 0.29) is 0 Å². The van der Waals surface area contributed by atoms with Crippen LogP contribution in [0.1, 0.15) is 5.56 Å². The summed E-state index contributed by atoms with van der Waals surface area (Å²) < 4.78 is 0.839. The maximum Gasteiger partial charge on any atom is 0.181 e. The van der Waals surface area contributed by atoms with Crippen LogP contribution in [0.5, 0.6) is 0 Å². The van der Waals surface area contributed by atoms with Gasteiger partial charge >= 0.3 is 0 Å². The number of hydrogen-bond donors (Lipinski definition) is 1. The zero-order valence-corrected chi connectivity index (χ0v) is 8.70. The lowest BCUT2D eigenvalue weighted by molar-refractivity contribution is 1.42. The Bertz CT molecular complexity index is 344. The number of nitriles is 1. The van der Waals surface area contributed by atoms with E-state index >= 15 is 0 Å². The molecule has 0 spiro atoms. The van der Waals surface area contributed by atoms with Gasteiger partial charge in [0.1, 0.15) is 0 Å². The summed E-state index contributed by atoms with van der Waals surface area (Å²) in [5.41, 5.74) is 1.67. The Kier molecular flexibility index (Phi) is 2.96. The van der Waals surface area contributed by atoms with Crippen molar-refractivity contribution >= 4 is 33.2 Å². The van der Waals surface area contributed by atoms with Crippen LogP contribution in [0.15, 0.2) is 16.6 Å². The van der Waals surface area contributed by atoms with Crippen molar-refractivity contribution in [1.29, 1.82) is 5.26 Å². The highest BCUT2D eigenvalue weighted by Crippen LogP contribution is 2.28. The van der Waals surface area contributed by atoms with Gasteiger partial charge in [-0.15, -0.1) is 0 Å². The van der Waals surface area contributed by atoms with E-state index in [2.05, 4.69) is 21.2 Å². The Balaban J connectivity index is 3.16. The van der Waals surface area contributed by atoms with Gasteiger partial charge in [0.05, 0.1) is 5.69 Å². The number of nitrogens with one attached hydrogen (secondary N) is 1. The Morgan fingerprint density at radius 2 is 2.25 bits per heavy atom. The van der Waals surface area contributed by atoms with Crippen molar-refractivity contribution in [2.24, 2.45) is 0 Å². The second kappa shape index (κ2) is 3.79. The molecule has 0 aliphatic rings. The van der Waals surface area contributed by atoms with E-state index < -0.39 is 0 Å². The van der Waals surface area contributed by atoms with Crippen LogP contribution in [0, 0.1) is 18.4 Å².